The van der Waals surface area contributed by atoms with E-state index >= 15 is 0 Å². The molecule has 76 valence electrons. The highest BCUT2D eigenvalue weighted by atomic mass is 15.1. The number of hydrogen-bond acceptors (Lipinski definition) is 1. The first-order valence-electron chi connectivity index (χ1n) is 5.99. The monoisotopic (exact) mass is 181 g/mol. The summed E-state index contributed by atoms with van der Waals surface area (Å²) >= 11 is 0. The predicted molar refractivity (Wildman–Crippen MR) is 56.8 cm³/mol. The fourth-order valence-corrected chi connectivity index (χ4v) is 3.31. The summed E-state index contributed by atoms with van der Waals surface area (Å²) in [5, 5.41) is 0. The lowest BCUT2D eigenvalue weighted by molar-refractivity contribution is 0.0751. The van der Waals surface area contributed by atoms with Gasteiger partial charge in [-0.3, -0.25) is 0 Å². The quantitative estimate of drug-likeness (QED) is 0.555. The number of hydrogen-bond donors (Lipinski definition) is 0. The van der Waals surface area contributed by atoms with Crippen molar-refractivity contribution in [2.45, 2.75) is 51.5 Å². The first-order valence-corrected chi connectivity index (χ1v) is 5.99. The molecule has 1 saturated carbocycles. The maximum absolute atomic E-state index is 2.56. The standard InChI is InChI=1S/C12H23N/c1-10-12-7-5-3-4-6-11(12)8-9-13(10)2/h10-12H,3-9H2,1-2H3/t10?,11-,12+/m1/s1. The van der Waals surface area contributed by atoms with Crippen LogP contribution in [0, 0.1) is 11.8 Å². The van der Waals surface area contributed by atoms with Crippen molar-refractivity contribution in [3.8, 4) is 0 Å². The van der Waals surface area contributed by atoms with E-state index in [1.54, 1.807) is 0 Å². The van der Waals surface area contributed by atoms with Crippen molar-refractivity contribution in [3.63, 3.8) is 0 Å². The van der Waals surface area contributed by atoms with E-state index in [-0.39, 0.29) is 0 Å². The van der Waals surface area contributed by atoms with Gasteiger partial charge in [-0.05, 0) is 45.2 Å². The van der Waals surface area contributed by atoms with Crippen LogP contribution in [0.5, 0.6) is 0 Å². The third kappa shape index (κ3) is 1.90. The van der Waals surface area contributed by atoms with Gasteiger partial charge in [0, 0.05) is 6.04 Å². The van der Waals surface area contributed by atoms with E-state index in [4.69, 9.17) is 0 Å². The van der Waals surface area contributed by atoms with Gasteiger partial charge in [0.25, 0.3) is 0 Å². The van der Waals surface area contributed by atoms with Crippen molar-refractivity contribution in [1.29, 1.82) is 0 Å². The molecule has 2 fully saturated rings. The van der Waals surface area contributed by atoms with Gasteiger partial charge in [-0.2, -0.15) is 0 Å². The van der Waals surface area contributed by atoms with Crippen LogP contribution in [-0.4, -0.2) is 24.5 Å². The predicted octanol–water partition coefficient (Wildman–Crippen LogP) is 2.91. The summed E-state index contributed by atoms with van der Waals surface area (Å²) in [7, 11) is 2.30. The maximum Gasteiger partial charge on any atom is 0.00948 e. The summed E-state index contributed by atoms with van der Waals surface area (Å²) in [5.41, 5.74) is 0. The third-order valence-electron chi connectivity index (χ3n) is 4.39. The molecule has 1 heterocycles. The van der Waals surface area contributed by atoms with Crippen molar-refractivity contribution in [1.82, 2.24) is 4.90 Å². The van der Waals surface area contributed by atoms with Gasteiger partial charge < -0.3 is 4.90 Å². The Bertz CT molecular complexity index is 167. The van der Waals surface area contributed by atoms with Crippen molar-refractivity contribution in [2.24, 2.45) is 11.8 Å². The molecular weight excluding hydrogens is 158 g/mol. The first kappa shape index (κ1) is 9.51. The molecule has 1 nitrogen and oxygen atoms in total. The lowest BCUT2D eigenvalue weighted by atomic mass is 9.77. The molecule has 3 atom stereocenters. The molecule has 0 radical (unpaired) electrons. The molecule has 2 aliphatic rings. The van der Waals surface area contributed by atoms with Crippen LogP contribution in [-0.2, 0) is 0 Å². The van der Waals surface area contributed by atoms with Crippen LogP contribution in [0.4, 0.5) is 0 Å². The van der Waals surface area contributed by atoms with Gasteiger partial charge in [0.1, 0.15) is 0 Å². The zero-order valence-electron chi connectivity index (χ0n) is 9.13. The van der Waals surface area contributed by atoms with E-state index in [0.29, 0.717) is 0 Å². The molecule has 0 aromatic heterocycles. The second kappa shape index (κ2) is 4.00. The smallest absolute Gasteiger partial charge is 0.00948 e. The minimum Gasteiger partial charge on any atom is -0.303 e. The molecule has 1 heteroatoms. The van der Waals surface area contributed by atoms with Gasteiger partial charge >= 0.3 is 0 Å². The Morgan fingerprint density at radius 2 is 1.77 bits per heavy atom. The summed E-state index contributed by atoms with van der Waals surface area (Å²) in [5.74, 6) is 2.08. The molecule has 1 aliphatic heterocycles. The Labute approximate surface area is 82.5 Å². The zero-order chi connectivity index (χ0) is 9.26. The zero-order valence-corrected chi connectivity index (χ0v) is 9.13. The molecule has 0 bridgehead atoms. The molecule has 13 heavy (non-hydrogen) atoms. The number of fused-ring (bicyclic) bond motifs is 1. The van der Waals surface area contributed by atoms with Gasteiger partial charge in [0.15, 0.2) is 0 Å². The Kier molecular flexibility index (Phi) is 2.92. The van der Waals surface area contributed by atoms with Crippen LogP contribution in [0.2, 0.25) is 0 Å². The Morgan fingerprint density at radius 1 is 1.00 bits per heavy atom. The average molecular weight is 181 g/mol. The molecule has 1 unspecified atom stereocenters. The first-order chi connectivity index (χ1) is 6.29. The number of likely N-dealkylation sites (tertiary alicyclic amines) is 1. The summed E-state index contributed by atoms with van der Waals surface area (Å²) in [6.45, 7) is 3.77. The molecule has 0 N–H and O–H groups in total. The third-order valence-corrected chi connectivity index (χ3v) is 4.39. The minimum absolute atomic E-state index is 0.844. The molecule has 0 aromatic carbocycles. The largest absolute Gasteiger partial charge is 0.303 e. The fourth-order valence-electron chi connectivity index (χ4n) is 3.31. The lowest BCUT2D eigenvalue weighted by Crippen LogP contribution is -2.44. The van der Waals surface area contributed by atoms with Crippen molar-refractivity contribution in [2.75, 3.05) is 13.6 Å². The highest BCUT2D eigenvalue weighted by Crippen LogP contribution is 2.37. The summed E-state index contributed by atoms with van der Waals surface area (Å²) in [6.07, 6.45) is 8.95. The van der Waals surface area contributed by atoms with Crippen molar-refractivity contribution >= 4 is 0 Å². The highest BCUT2D eigenvalue weighted by Gasteiger charge is 2.33. The number of rotatable bonds is 0. The molecule has 2 rings (SSSR count). The molecular formula is C12H23N. The topological polar surface area (TPSA) is 3.24 Å². The summed E-state index contributed by atoms with van der Waals surface area (Å²) in [4.78, 5) is 2.56. The molecule has 1 saturated heterocycles. The fraction of sp³-hybridized carbons (Fsp3) is 1.00. The van der Waals surface area contributed by atoms with Crippen LogP contribution in [0.3, 0.4) is 0 Å². The SMILES string of the molecule is CC1[C@@H]2CCCCC[C@@H]2CCN1C. The van der Waals surface area contributed by atoms with E-state index in [2.05, 4.69) is 18.9 Å². The van der Waals surface area contributed by atoms with Gasteiger partial charge in [-0.25, -0.2) is 0 Å². The van der Waals surface area contributed by atoms with Gasteiger partial charge in [-0.1, -0.05) is 25.7 Å². The second-order valence-electron chi connectivity index (χ2n) is 5.07. The highest BCUT2D eigenvalue weighted by molar-refractivity contribution is 4.86. The van der Waals surface area contributed by atoms with E-state index in [9.17, 15) is 0 Å². The molecule has 1 aliphatic carbocycles. The van der Waals surface area contributed by atoms with E-state index in [0.717, 1.165) is 17.9 Å². The Morgan fingerprint density at radius 3 is 2.62 bits per heavy atom. The molecule has 0 aromatic rings. The van der Waals surface area contributed by atoms with Crippen molar-refractivity contribution in [3.05, 3.63) is 0 Å². The summed E-state index contributed by atoms with van der Waals surface area (Å²) in [6, 6.07) is 0.844. The Balaban J connectivity index is 2.04. The van der Waals surface area contributed by atoms with Crippen LogP contribution in [0.25, 0.3) is 0 Å². The number of piperidine rings is 1. The lowest BCUT2D eigenvalue weighted by Gasteiger charge is -2.42. The minimum atomic E-state index is 0.844. The van der Waals surface area contributed by atoms with Crippen LogP contribution >= 0.6 is 0 Å². The maximum atomic E-state index is 2.56. The van der Waals surface area contributed by atoms with Crippen LogP contribution < -0.4 is 0 Å². The van der Waals surface area contributed by atoms with Gasteiger partial charge in [0.2, 0.25) is 0 Å². The Hall–Kier alpha value is -0.0400. The number of nitrogens with zero attached hydrogens (tertiary/aromatic N) is 1. The normalized spacial score (nSPS) is 42.5. The molecule has 0 spiro atoms. The second-order valence-corrected chi connectivity index (χ2v) is 5.07. The van der Waals surface area contributed by atoms with Crippen LogP contribution in [0.15, 0.2) is 0 Å². The van der Waals surface area contributed by atoms with E-state index in [1.165, 1.54) is 45.1 Å². The van der Waals surface area contributed by atoms with E-state index in [1.807, 2.05) is 0 Å². The van der Waals surface area contributed by atoms with E-state index < -0.39 is 0 Å². The van der Waals surface area contributed by atoms with Crippen LogP contribution in [0.1, 0.15) is 45.4 Å². The van der Waals surface area contributed by atoms with Crippen molar-refractivity contribution < 1.29 is 0 Å². The summed E-state index contributed by atoms with van der Waals surface area (Å²) < 4.78 is 0. The average Bonchev–Trinajstić information content (AvgIpc) is 2.36. The molecule has 0 amide bonds. The van der Waals surface area contributed by atoms with Gasteiger partial charge in [0.05, 0.1) is 0 Å². The van der Waals surface area contributed by atoms with Gasteiger partial charge in [-0.15, -0.1) is 0 Å².